The number of rotatable bonds is 2. The first kappa shape index (κ1) is 46.7. The van der Waals surface area contributed by atoms with Crippen molar-refractivity contribution in [1.29, 1.82) is 0 Å². The van der Waals surface area contributed by atoms with Crippen LogP contribution in [0.4, 0.5) is 75.5 Å². The Balaban J connectivity index is -0.000000211. The van der Waals surface area contributed by atoms with E-state index in [1.165, 1.54) is 4.85 Å². The van der Waals surface area contributed by atoms with E-state index in [0.717, 1.165) is 28.2 Å². The van der Waals surface area contributed by atoms with Crippen molar-refractivity contribution < 1.29 is 80.2 Å². The molecule has 252 valence electrons. The molecule has 0 bridgehead atoms. The van der Waals surface area contributed by atoms with E-state index in [2.05, 4.69) is 50.3 Å². The number of aromatic nitrogens is 3. The minimum atomic E-state index is -10.7. The van der Waals surface area contributed by atoms with Crippen molar-refractivity contribution in [2.75, 3.05) is 40.0 Å². The predicted molar refractivity (Wildman–Crippen MR) is 138 cm³/mol. The molecule has 1 heterocycles. The number of hydrogen-bond acceptors (Lipinski definition) is 3. The Morgan fingerprint density at radius 1 is 0.600 bits per heavy atom. The molecule has 0 radical (unpaired) electrons. The molecule has 0 aliphatic heterocycles. The van der Waals surface area contributed by atoms with Gasteiger partial charge in [0.1, 0.15) is 11.0 Å². The number of nitrogens with zero attached hydrogens (tertiary/aromatic N) is 3. The van der Waals surface area contributed by atoms with E-state index in [4.69, 9.17) is 4.62 Å². The molecule has 0 unspecified atom stereocenters. The average Bonchev–Trinajstić information content (AvgIpc) is 2.90. The molecule has 1 aromatic carbocycles. The molecule has 4 nitrogen and oxygen atoms in total. The standard InChI is InChI=1S/C8H10N3OP.2C2H7P.3F6P/c1-13(2)12-11-8-6-4-3-5-7(8)9-10-11;2*1-3-2;3*1-7(2,3,4,5)6/h3-6H,1-2H3;2*3H,1-2H3;;;/q;;;3*-1/p+3. The molecule has 0 aliphatic rings. The van der Waals surface area contributed by atoms with Crippen molar-refractivity contribution in [3.63, 3.8) is 0 Å². The number of hydrogen-bond donors (Lipinski definition) is 0. The summed E-state index contributed by atoms with van der Waals surface area (Å²) in [7, 11) is -31.3. The Kier molecular flexibility index (Phi) is 14.9. The van der Waals surface area contributed by atoms with Gasteiger partial charge in [0, 0.05) is 26.7 Å². The van der Waals surface area contributed by atoms with Crippen LogP contribution in [0.1, 0.15) is 0 Å². The van der Waals surface area contributed by atoms with E-state index in [9.17, 15) is 75.5 Å². The molecule has 0 fully saturated rings. The minimum absolute atomic E-state index is 0.750. The molecular formula is C12H27F18N3OP6. The van der Waals surface area contributed by atoms with Gasteiger partial charge in [-0.05, 0) is 39.4 Å². The van der Waals surface area contributed by atoms with Gasteiger partial charge >= 0.3 is 99.0 Å². The topological polar surface area (TPSA) is 39.9 Å². The zero-order valence-electron chi connectivity index (χ0n) is 20.9. The fraction of sp³-hybridized carbons (Fsp3) is 0.500. The molecule has 0 spiro atoms. The Hall–Kier alpha value is -0.260. The zero-order valence-corrected chi connectivity index (χ0v) is 26.9. The van der Waals surface area contributed by atoms with Crippen LogP contribution < -0.4 is 4.62 Å². The van der Waals surface area contributed by atoms with Gasteiger partial charge in [-0.15, -0.1) is 5.10 Å². The van der Waals surface area contributed by atoms with Crippen LogP contribution in [0.5, 0.6) is 0 Å². The SMILES string of the molecule is C[PH+](C)On1nnc2ccccc21.C[PH2+]C.C[PH2+]C.F[P-](F)(F)(F)(F)F.F[P-](F)(F)(F)(F)F.F[P-](F)(F)(F)(F)F. The molecule has 2 aromatic rings. The summed E-state index contributed by atoms with van der Waals surface area (Å²) in [5.41, 5.74) is 1.79. The first-order chi connectivity index (χ1) is 16.4. The summed E-state index contributed by atoms with van der Waals surface area (Å²) in [5, 5.41) is 7.88. The number of fused-ring (bicyclic) bond motifs is 1. The summed E-state index contributed by atoms with van der Waals surface area (Å²) in [4.78, 5) is 1.50. The molecule has 0 amide bonds. The summed E-state index contributed by atoms with van der Waals surface area (Å²) in [6.45, 7) is 12.9. The van der Waals surface area contributed by atoms with Gasteiger partial charge in [0.05, 0.1) is 13.3 Å². The Morgan fingerprint density at radius 2 is 0.850 bits per heavy atom. The van der Waals surface area contributed by atoms with E-state index in [0.29, 0.717) is 0 Å². The van der Waals surface area contributed by atoms with Crippen molar-refractivity contribution in [2.24, 2.45) is 0 Å². The maximum absolute atomic E-state index is 10.7. The van der Waals surface area contributed by atoms with E-state index >= 15 is 0 Å². The third kappa shape index (κ3) is 90.4. The Morgan fingerprint density at radius 3 is 1.10 bits per heavy atom. The molecule has 0 saturated carbocycles. The van der Waals surface area contributed by atoms with Crippen molar-refractivity contribution in [1.82, 2.24) is 15.2 Å². The first-order valence-electron chi connectivity index (χ1n) is 9.41. The van der Waals surface area contributed by atoms with Gasteiger partial charge in [-0.2, -0.15) is 0 Å². The first-order valence-corrected chi connectivity index (χ1v) is 22.5. The molecule has 0 aliphatic carbocycles. The quantitative estimate of drug-likeness (QED) is 0.226. The third-order valence-corrected chi connectivity index (χ3v) is 2.13. The predicted octanol–water partition coefficient (Wildman–Crippen LogP) is 12.7. The molecule has 0 N–H and O–H groups in total. The third-order valence-electron chi connectivity index (χ3n) is 1.59. The van der Waals surface area contributed by atoms with Gasteiger partial charge in [-0.25, -0.2) is 4.62 Å². The van der Waals surface area contributed by atoms with Gasteiger partial charge in [0.2, 0.25) is 8.15 Å². The molecule has 2 rings (SSSR count). The summed E-state index contributed by atoms with van der Waals surface area (Å²) in [6, 6.07) is 7.74. The molecule has 40 heavy (non-hydrogen) atoms. The summed E-state index contributed by atoms with van der Waals surface area (Å²) in [6.07, 6.45) is 0. The van der Waals surface area contributed by atoms with Crippen LogP contribution in [-0.2, 0) is 0 Å². The second-order valence-corrected chi connectivity index (χ2v) is 17.0. The number of halogens is 18. The van der Waals surface area contributed by atoms with Crippen LogP contribution in [0.15, 0.2) is 24.3 Å². The normalized spacial score (nSPS) is 16.6. The van der Waals surface area contributed by atoms with Crippen molar-refractivity contribution >= 4 is 59.8 Å². The summed E-state index contributed by atoms with van der Waals surface area (Å²) >= 11 is 0. The number of benzene rings is 1. The van der Waals surface area contributed by atoms with Crippen LogP contribution in [0.3, 0.4) is 0 Å². The fourth-order valence-electron chi connectivity index (χ4n) is 1.09. The molecule has 0 saturated heterocycles. The van der Waals surface area contributed by atoms with Crippen LogP contribution in [0.2, 0.25) is 0 Å². The second kappa shape index (κ2) is 12.8. The molecule has 1 aromatic heterocycles. The van der Waals surface area contributed by atoms with Crippen LogP contribution in [0, 0.1) is 0 Å². The van der Waals surface area contributed by atoms with Gasteiger partial charge in [-0.3, -0.25) is 0 Å². The van der Waals surface area contributed by atoms with E-state index < -0.39 is 31.6 Å². The van der Waals surface area contributed by atoms with Crippen molar-refractivity contribution in [3.05, 3.63) is 24.3 Å². The van der Waals surface area contributed by atoms with Gasteiger partial charge < -0.3 is 0 Å². The van der Waals surface area contributed by atoms with Crippen LogP contribution in [0.25, 0.3) is 11.0 Å². The van der Waals surface area contributed by atoms with E-state index in [-0.39, 0.29) is 0 Å². The van der Waals surface area contributed by atoms with E-state index in [1.54, 1.807) is 0 Å². The summed E-state index contributed by atoms with van der Waals surface area (Å²) in [5.74, 6) is 0. The van der Waals surface area contributed by atoms with Crippen LogP contribution >= 0.6 is 48.7 Å². The monoisotopic (exact) mass is 757 g/mol. The van der Waals surface area contributed by atoms with E-state index in [1.807, 2.05) is 24.3 Å². The zero-order chi connectivity index (χ0) is 33.9. The van der Waals surface area contributed by atoms with Gasteiger partial charge in [0.15, 0.2) is 0 Å². The Bertz CT molecular complexity index is 914. The molecule has 28 heteroatoms. The molecule has 0 atom stereocenters. The van der Waals surface area contributed by atoms with Crippen molar-refractivity contribution in [3.8, 4) is 0 Å². The second-order valence-electron chi connectivity index (χ2n) is 6.98. The van der Waals surface area contributed by atoms with Gasteiger partial charge in [-0.1, -0.05) is 12.1 Å². The fourth-order valence-corrected chi connectivity index (χ4v) is 1.57. The van der Waals surface area contributed by atoms with Crippen LogP contribution in [-0.4, -0.2) is 55.1 Å². The maximum atomic E-state index is 9.87. The number of para-hydroxylation sites is 1. The van der Waals surface area contributed by atoms with Gasteiger partial charge in [0.25, 0.3) is 0 Å². The molecular weight excluding hydrogens is 730 g/mol. The average molecular weight is 757 g/mol. The van der Waals surface area contributed by atoms with Crippen molar-refractivity contribution in [2.45, 2.75) is 0 Å². The Labute approximate surface area is 220 Å². The summed E-state index contributed by atoms with van der Waals surface area (Å²) < 4.78 is 183.